The Labute approximate surface area is 154 Å². The van der Waals surface area contributed by atoms with E-state index in [0.29, 0.717) is 24.1 Å². The number of halogens is 1. The van der Waals surface area contributed by atoms with Gasteiger partial charge in [0.2, 0.25) is 5.95 Å². The minimum atomic E-state index is -0.412. The van der Waals surface area contributed by atoms with Gasteiger partial charge in [0.1, 0.15) is 12.1 Å². The number of aromatic nitrogens is 5. The van der Waals surface area contributed by atoms with Gasteiger partial charge in [-0.3, -0.25) is 0 Å². The van der Waals surface area contributed by atoms with Gasteiger partial charge in [0, 0.05) is 49.3 Å². The number of anilines is 2. The number of fused-ring (bicyclic) bond motifs is 2. The third-order valence-electron chi connectivity index (χ3n) is 4.85. The lowest BCUT2D eigenvalue weighted by atomic mass is 9.98. The van der Waals surface area contributed by atoms with Crippen molar-refractivity contribution in [1.82, 2.24) is 24.6 Å². The highest BCUT2D eigenvalue weighted by Crippen LogP contribution is 2.32. The molecular weight excluding hydrogens is 349 g/mol. The average Bonchev–Trinajstić information content (AvgIpc) is 3.17. The van der Waals surface area contributed by atoms with Crippen LogP contribution in [0.5, 0.6) is 0 Å². The van der Waals surface area contributed by atoms with E-state index in [4.69, 9.17) is 4.74 Å². The number of hydrogen-bond donors (Lipinski definition) is 2. The molecule has 8 nitrogen and oxygen atoms in total. The van der Waals surface area contributed by atoms with Crippen LogP contribution in [0.2, 0.25) is 0 Å². The Hall–Kier alpha value is -3.07. The summed E-state index contributed by atoms with van der Waals surface area (Å²) in [5.74, 6) is 0.910. The van der Waals surface area contributed by atoms with Crippen LogP contribution in [0.3, 0.4) is 0 Å². The van der Waals surface area contributed by atoms with Crippen LogP contribution in [0.15, 0.2) is 30.9 Å². The van der Waals surface area contributed by atoms with Gasteiger partial charge in [-0.05, 0) is 24.5 Å². The first-order valence-corrected chi connectivity index (χ1v) is 8.93. The molecule has 27 heavy (non-hydrogen) atoms. The molecule has 1 saturated heterocycles. The maximum Gasteiger partial charge on any atom is 0.224 e. The Morgan fingerprint density at radius 1 is 1.26 bits per heavy atom. The molecule has 0 radical (unpaired) electrons. The fraction of sp³-hybridized carbons (Fsp3) is 0.333. The monoisotopic (exact) mass is 367 g/mol. The van der Waals surface area contributed by atoms with Crippen molar-refractivity contribution in [3.8, 4) is 0 Å². The molecule has 5 rings (SSSR count). The predicted octanol–water partition coefficient (Wildman–Crippen LogP) is 2.11. The van der Waals surface area contributed by atoms with Gasteiger partial charge in [-0.25, -0.2) is 18.9 Å². The molecule has 138 valence electrons. The molecule has 0 saturated carbocycles. The molecule has 2 aliphatic heterocycles. The van der Waals surface area contributed by atoms with E-state index in [1.54, 1.807) is 12.4 Å². The second-order valence-electron chi connectivity index (χ2n) is 6.59. The largest absolute Gasteiger partial charge is 0.381 e. The molecular formula is C18H18FN7O. The zero-order valence-electron chi connectivity index (χ0n) is 14.5. The minimum Gasteiger partial charge on any atom is -0.381 e. The molecule has 0 spiro atoms. The summed E-state index contributed by atoms with van der Waals surface area (Å²) in [6.45, 7) is 2.11. The highest BCUT2D eigenvalue weighted by atomic mass is 19.1. The summed E-state index contributed by atoms with van der Waals surface area (Å²) in [6.07, 6.45) is 8.75. The van der Waals surface area contributed by atoms with E-state index >= 15 is 0 Å². The van der Waals surface area contributed by atoms with Gasteiger partial charge in [0.05, 0.1) is 0 Å². The van der Waals surface area contributed by atoms with Crippen LogP contribution in [-0.2, 0) is 4.74 Å². The van der Waals surface area contributed by atoms with Crippen LogP contribution in [0, 0.1) is 5.82 Å². The number of pyridine rings is 1. The quantitative estimate of drug-likeness (QED) is 0.733. The standard InChI is InChI=1S/C18H18FN7O/c19-15-7-11(9-26-17(15)22-10-23-26)13-1-4-20-16-14(13)8-21-18(25-16)24-12-2-5-27-6-3-12/h1,7-10,12H,2-6H2,(H2,20,21,24,25). The van der Waals surface area contributed by atoms with Gasteiger partial charge in [-0.1, -0.05) is 6.08 Å². The molecule has 0 atom stereocenters. The smallest absolute Gasteiger partial charge is 0.224 e. The van der Waals surface area contributed by atoms with Crippen molar-refractivity contribution >= 4 is 23.0 Å². The summed E-state index contributed by atoms with van der Waals surface area (Å²) in [5.41, 5.74) is 2.62. The number of hydrogen-bond acceptors (Lipinski definition) is 7. The van der Waals surface area contributed by atoms with E-state index in [1.165, 1.54) is 16.9 Å². The molecule has 2 aliphatic rings. The molecule has 0 aliphatic carbocycles. The van der Waals surface area contributed by atoms with Gasteiger partial charge in [-0.2, -0.15) is 10.1 Å². The summed E-state index contributed by atoms with van der Waals surface area (Å²) in [5, 5.41) is 10.7. The van der Waals surface area contributed by atoms with Gasteiger partial charge < -0.3 is 15.4 Å². The van der Waals surface area contributed by atoms with Crippen molar-refractivity contribution in [1.29, 1.82) is 0 Å². The number of ether oxygens (including phenoxy) is 1. The van der Waals surface area contributed by atoms with E-state index in [2.05, 4.69) is 30.7 Å². The molecule has 1 fully saturated rings. The molecule has 0 bridgehead atoms. The zero-order valence-corrected chi connectivity index (χ0v) is 14.5. The van der Waals surface area contributed by atoms with Crippen LogP contribution in [0.1, 0.15) is 24.0 Å². The van der Waals surface area contributed by atoms with Crippen LogP contribution in [0.4, 0.5) is 16.2 Å². The second kappa shape index (κ2) is 6.58. The van der Waals surface area contributed by atoms with Crippen molar-refractivity contribution in [2.24, 2.45) is 0 Å². The molecule has 0 aromatic carbocycles. The Morgan fingerprint density at radius 2 is 2.15 bits per heavy atom. The van der Waals surface area contributed by atoms with E-state index in [1.807, 2.05) is 6.08 Å². The average molecular weight is 367 g/mol. The van der Waals surface area contributed by atoms with Gasteiger partial charge in [-0.15, -0.1) is 0 Å². The van der Waals surface area contributed by atoms with Crippen molar-refractivity contribution in [3.05, 3.63) is 47.8 Å². The van der Waals surface area contributed by atoms with Gasteiger partial charge >= 0.3 is 0 Å². The van der Waals surface area contributed by atoms with Crippen molar-refractivity contribution in [3.63, 3.8) is 0 Å². The Kier molecular flexibility index (Phi) is 3.93. The summed E-state index contributed by atoms with van der Waals surface area (Å²) in [6, 6.07) is 1.79. The number of nitrogens with one attached hydrogen (secondary N) is 2. The number of nitrogens with zero attached hydrogens (tertiary/aromatic N) is 5. The molecule has 2 N–H and O–H groups in total. The molecule has 3 aromatic rings. The molecule has 9 heteroatoms. The van der Waals surface area contributed by atoms with Crippen LogP contribution in [-0.4, -0.2) is 50.4 Å². The minimum absolute atomic E-state index is 0.209. The summed E-state index contributed by atoms with van der Waals surface area (Å²) in [7, 11) is 0. The molecule has 0 unspecified atom stereocenters. The topological polar surface area (TPSA) is 89.3 Å². The second-order valence-corrected chi connectivity index (χ2v) is 6.59. The van der Waals surface area contributed by atoms with E-state index in [0.717, 1.165) is 43.0 Å². The first kappa shape index (κ1) is 16.1. The molecule has 5 heterocycles. The Bertz CT molecular complexity index is 1030. The van der Waals surface area contributed by atoms with E-state index in [-0.39, 0.29) is 5.65 Å². The van der Waals surface area contributed by atoms with Crippen LogP contribution in [0.25, 0.3) is 11.2 Å². The fourth-order valence-electron chi connectivity index (χ4n) is 3.47. The first-order chi connectivity index (χ1) is 13.3. The van der Waals surface area contributed by atoms with Crippen LogP contribution >= 0.6 is 0 Å². The Balaban J connectivity index is 1.47. The summed E-state index contributed by atoms with van der Waals surface area (Å²) >= 11 is 0. The lowest BCUT2D eigenvalue weighted by molar-refractivity contribution is 0.0903. The van der Waals surface area contributed by atoms with Gasteiger partial charge in [0.25, 0.3) is 0 Å². The van der Waals surface area contributed by atoms with Crippen molar-refractivity contribution < 1.29 is 9.13 Å². The summed E-state index contributed by atoms with van der Waals surface area (Å²) in [4.78, 5) is 13.0. The fourth-order valence-corrected chi connectivity index (χ4v) is 3.47. The van der Waals surface area contributed by atoms with Crippen LogP contribution < -0.4 is 10.6 Å². The normalized spacial score (nSPS) is 17.3. The third-order valence-corrected chi connectivity index (χ3v) is 4.85. The maximum absolute atomic E-state index is 14.3. The number of rotatable bonds is 3. The van der Waals surface area contributed by atoms with E-state index in [9.17, 15) is 4.39 Å². The van der Waals surface area contributed by atoms with Crippen molar-refractivity contribution in [2.75, 3.05) is 30.4 Å². The lowest BCUT2D eigenvalue weighted by Gasteiger charge is -2.24. The van der Waals surface area contributed by atoms with E-state index < -0.39 is 5.82 Å². The summed E-state index contributed by atoms with van der Waals surface area (Å²) < 4.78 is 21.1. The third kappa shape index (κ3) is 2.99. The van der Waals surface area contributed by atoms with Crippen molar-refractivity contribution in [2.45, 2.75) is 18.9 Å². The highest BCUT2D eigenvalue weighted by Gasteiger charge is 2.20. The zero-order chi connectivity index (χ0) is 18.2. The molecule has 3 aromatic heterocycles. The Morgan fingerprint density at radius 3 is 3.04 bits per heavy atom. The highest BCUT2D eigenvalue weighted by molar-refractivity contribution is 5.87. The van der Waals surface area contributed by atoms with Gasteiger partial charge in [0.15, 0.2) is 11.5 Å². The first-order valence-electron chi connectivity index (χ1n) is 8.93. The molecule has 0 amide bonds. The maximum atomic E-state index is 14.3. The predicted molar refractivity (Wildman–Crippen MR) is 98.0 cm³/mol. The lowest BCUT2D eigenvalue weighted by Crippen LogP contribution is -2.29. The SMILES string of the molecule is Fc1cc(C2=CCNc3nc(NC4CCOCC4)ncc32)cn2ncnc12.